The molecule has 2 aromatic rings. The monoisotopic (exact) mass is 392 g/mol. The summed E-state index contributed by atoms with van der Waals surface area (Å²) in [5.41, 5.74) is 2.66. The van der Waals surface area contributed by atoms with Crippen LogP contribution in [0.2, 0.25) is 0 Å². The summed E-state index contributed by atoms with van der Waals surface area (Å²) in [6.07, 6.45) is 5.75. The van der Waals surface area contributed by atoms with Gasteiger partial charge in [0.15, 0.2) is 5.72 Å². The number of hydrogen-bond acceptors (Lipinski definition) is 3. The lowest BCUT2D eigenvalue weighted by atomic mass is 9.97. The fraction of sp³-hybridized carbons (Fsp3) is 0.417. The van der Waals surface area contributed by atoms with Crippen molar-refractivity contribution in [3.05, 3.63) is 59.2 Å². The molecule has 0 bridgehead atoms. The van der Waals surface area contributed by atoms with E-state index in [0.29, 0.717) is 11.3 Å². The molecule has 1 aliphatic carbocycles. The molecule has 1 aliphatic heterocycles. The molecule has 0 aromatic heterocycles. The summed E-state index contributed by atoms with van der Waals surface area (Å²) in [5, 5.41) is 2.99. The normalized spacial score (nSPS) is 18.0. The minimum atomic E-state index is -0.735. The zero-order valence-electron chi connectivity index (χ0n) is 17.2. The molecule has 0 saturated heterocycles. The second-order valence-corrected chi connectivity index (χ2v) is 8.22. The van der Waals surface area contributed by atoms with E-state index in [1.807, 2.05) is 50.2 Å². The third-order valence-corrected chi connectivity index (χ3v) is 6.01. The number of benzene rings is 2. The van der Waals surface area contributed by atoms with Gasteiger partial charge in [-0.3, -0.25) is 14.5 Å². The van der Waals surface area contributed by atoms with E-state index in [1.165, 1.54) is 0 Å². The van der Waals surface area contributed by atoms with Gasteiger partial charge in [0.1, 0.15) is 12.3 Å². The minimum absolute atomic E-state index is 0.0133. The minimum Gasteiger partial charge on any atom is -0.467 e. The van der Waals surface area contributed by atoms with Crippen LogP contribution >= 0.6 is 0 Å². The lowest BCUT2D eigenvalue weighted by Crippen LogP contribution is -2.60. The van der Waals surface area contributed by atoms with Gasteiger partial charge in [0.05, 0.1) is 5.56 Å². The van der Waals surface area contributed by atoms with Crippen LogP contribution in [0.5, 0.6) is 5.75 Å². The molecule has 1 spiro atoms. The van der Waals surface area contributed by atoms with Crippen LogP contribution in [0.4, 0.5) is 5.69 Å². The third kappa shape index (κ3) is 3.86. The molecule has 0 radical (unpaired) electrons. The predicted molar refractivity (Wildman–Crippen MR) is 113 cm³/mol. The summed E-state index contributed by atoms with van der Waals surface area (Å²) < 4.78 is 6.44. The number of rotatable bonds is 3. The Kier molecular flexibility index (Phi) is 5.31. The van der Waals surface area contributed by atoms with E-state index in [0.717, 1.165) is 55.3 Å². The van der Waals surface area contributed by atoms with Gasteiger partial charge >= 0.3 is 0 Å². The van der Waals surface area contributed by atoms with Gasteiger partial charge in [-0.2, -0.15) is 0 Å². The molecule has 152 valence electrons. The maximum absolute atomic E-state index is 13.4. The summed E-state index contributed by atoms with van der Waals surface area (Å²) in [6, 6.07) is 13.3. The molecular formula is C24H28N2O3. The fourth-order valence-corrected chi connectivity index (χ4v) is 4.40. The summed E-state index contributed by atoms with van der Waals surface area (Å²) in [4.78, 5) is 28.0. The molecule has 1 heterocycles. The topological polar surface area (TPSA) is 58.6 Å². The van der Waals surface area contributed by atoms with Crippen LogP contribution in [0, 0.1) is 13.8 Å². The molecule has 2 aromatic carbocycles. The van der Waals surface area contributed by atoms with Crippen LogP contribution in [-0.4, -0.2) is 29.0 Å². The third-order valence-electron chi connectivity index (χ3n) is 6.01. The smallest absolute Gasteiger partial charge is 0.261 e. The highest BCUT2D eigenvalue weighted by molar-refractivity contribution is 6.02. The number of nitrogens with one attached hydrogen (secondary N) is 1. The van der Waals surface area contributed by atoms with Crippen molar-refractivity contribution < 1.29 is 14.3 Å². The Morgan fingerprint density at radius 1 is 1.07 bits per heavy atom. The molecule has 1 N–H and O–H groups in total. The highest BCUT2D eigenvalue weighted by atomic mass is 16.5. The van der Waals surface area contributed by atoms with E-state index in [4.69, 9.17) is 4.74 Å². The Morgan fingerprint density at radius 2 is 1.79 bits per heavy atom. The van der Waals surface area contributed by atoms with E-state index in [2.05, 4.69) is 5.32 Å². The van der Waals surface area contributed by atoms with Gasteiger partial charge < -0.3 is 10.1 Å². The largest absolute Gasteiger partial charge is 0.467 e. The van der Waals surface area contributed by atoms with E-state index in [9.17, 15) is 9.59 Å². The van der Waals surface area contributed by atoms with Gasteiger partial charge in [0.25, 0.3) is 5.91 Å². The number of anilines is 1. The lowest BCUT2D eigenvalue weighted by molar-refractivity contribution is -0.126. The number of para-hydroxylation sites is 1. The van der Waals surface area contributed by atoms with Crippen molar-refractivity contribution in [3.63, 3.8) is 0 Å². The number of hydrogen-bond donors (Lipinski definition) is 1. The van der Waals surface area contributed by atoms with Crippen LogP contribution in [0.15, 0.2) is 42.5 Å². The molecule has 5 heteroatoms. The maximum Gasteiger partial charge on any atom is 0.261 e. The van der Waals surface area contributed by atoms with E-state index < -0.39 is 5.72 Å². The number of nitrogens with zero attached hydrogens (tertiary/aromatic N) is 1. The second kappa shape index (κ2) is 7.90. The summed E-state index contributed by atoms with van der Waals surface area (Å²) in [7, 11) is 0. The van der Waals surface area contributed by atoms with Gasteiger partial charge in [0.2, 0.25) is 5.91 Å². The standard InChI is InChI=1S/C24H28N2O3/c1-17-11-12-18(2)20(15-17)25-22(27)16-26-23(28)19-9-5-6-10-21(19)29-24(26)13-7-3-4-8-14-24/h5-6,9-12,15H,3-4,7-8,13-14,16H2,1-2H3,(H,25,27). The lowest BCUT2D eigenvalue weighted by Gasteiger charge is -2.46. The SMILES string of the molecule is Cc1ccc(C)c(NC(=O)CN2C(=O)c3ccccc3OC23CCCCCC3)c1. The summed E-state index contributed by atoms with van der Waals surface area (Å²) in [5.74, 6) is 0.314. The van der Waals surface area contributed by atoms with Gasteiger partial charge in [-0.25, -0.2) is 0 Å². The van der Waals surface area contributed by atoms with Crippen molar-refractivity contribution in [2.45, 2.75) is 58.1 Å². The van der Waals surface area contributed by atoms with Gasteiger partial charge in [0, 0.05) is 18.5 Å². The second-order valence-electron chi connectivity index (χ2n) is 8.22. The van der Waals surface area contributed by atoms with Crippen LogP contribution in [0.1, 0.15) is 60.0 Å². The van der Waals surface area contributed by atoms with E-state index in [-0.39, 0.29) is 18.4 Å². The highest BCUT2D eigenvalue weighted by Crippen LogP contribution is 2.41. The molecule has 1 saturated carbocycles. The van der Waals surface area contributed by atoms with Gasteiger partial charge in [-0.15, -0.1) is 0 Å². The van der Waals surface area contributed by atoms with Crippen LogP contribution in [-0.2, 0) is 4.79 Å². The molecule has 2 aliphatic rings. The molecule has 2 amide bonds. The van der Waals surface area contributed by atoms with Crippen molar-refractivity contribution in [3.8, 4) is 5.75 Å². The first-order valence-electron chi connectivity index (χ1n) is 10.5. The average molecular weight is 392 g/mol. The zero-order valence-corrected chi connectivity index (χ0v) is 17.2. The highest BCUT2D eigenvalue weighted by Gasteiger charge is 2.47. The molecule has 4 rings (SSSR count). The summed E-state index contributed by atoms with van der Waals surface area (Å²) >= 11 is 0. The van der Waals surface area contributed by atoms with Crippen molar-refractivity contribution in [1.29, 1.82) is 0 Å². The number of amides is 2. The molecule has 5 nitrogen and oxygen atoms in total. The van der Waals surface area contributed by atoms with Crippen LogP contribution in [0.3, 0.4) is 0 Å². The number of carbonyl (C=O) groups excluding carboxylic acids is 2. The van der Waals surface area contributed by atoms with Crippen molar-refractivity contribution in [2.24, 2.45) is 0 Å². The number of carbonyl (C=O) groups is 2. The molecule has 29 heavy (non-hydrogen) atoms. The molecular weight excluding hydrogens is 364 g/mol. The average Bonchev–Trinajstić information content (AvgIpc) is 2.94. The number of aryl methyl sites for hydroxylation is 2. The van der Waals surface area contributed by atoms with Gasteiger partial charge in [-0.05, 0) is 56.0 Å². The number of fused-ring (bicyclic) bond motifs is 1. The van der Waals surface area contributed by atoms with E-state index >= 15 is 0 Å². The molecule has 1 fully saturated rings. The molecule has 0 atom stereocenters. The first-order valence-corrected chi connectivity index (χ1v) is 10.5. The Morgan fingerprint density at radius 3 is 2.55 bits per heavy atom. The summed E-state index contributed by atoms with van der Waals surface area (Å²) in [6.45, 7) is 3.95. The predicted octanol–water partition coefficient (Wildman–Crippen LogP) is 4.83. The van der Waals surface area contributed by atoms with Crippen LogP contribution < -0.4 is 10.1 Å². The quantitative estimate of drug-likeness (QED) is 0.814. The Bertz CT molecular complexity index is 929. The zero-order chi connectivity index (χ0) is 20.4. The van der Waals surface area contributed by atoms with Crippen molar-refractivity contribution in [1.82, 2.24) is 4.90 Å². The fourth-order valence-electron chi connectivity index (χ4n) is 4.40. The Hall–Kier alpha value is -2.82. The first kappa shape index (κ1) is 19.5. The van der Waals surface area contributed by atoms with Crippen molar-refractivity contribution >= 4 is 17.5 Å². The molecule has 0 unspecified atom stereocenters. The van der Waals surface area contributed by atoms with Crippen molar-refractivity contribution in [2.75, 3.05) is 11.9 Å². The maximum atomic E-state index is 13.4. The van der Waals surface area contributed by atoms with E-state index in [1.54, 1.807) is 11.0 Å². The Labute approximate surface area is 172 Å². The first-order chi connectivity index (χ1) is 14.0. The number of ether oxygens (including phenoxy) is 1. The van der Waals surface area contributed by atoms with Crippen LogP contribution in [0.25, 0.3) is 0 Å². The Balaban J connectivity index is 1.62. The van der Waals surface area contributed by atoms with Gasteiger partial charge in [-0.1, -0.05) is 37.1 Å².